The van der Waals surface area contributed by atoms with Crippen molar-refractivity contribution in [3.05, 3.63) is 47.5 Å². The summed E-state index contributed by atoms with van der Waals surface area (Å²) in [5.74, 6) is 0.712. The second-order valence-electron chi connectivity index (χ2n) is 5.80. The third kappa shape index (κ3) is 3.12. The predicted molar refractivity (Wildman–Crippen MR) is 91.9 cm³/mol. The van der Waals surface area contributed by atoms with E-state index in [1.807, 2.05) is 37.9 Å². The van der Waals surface area contributed by atoms with E-state index in [2.05, 4.69) is 4.72 Å². The number of ether oxygens (including phenoxy) is 1. The van der Waals surface area contributed by atoms with Crippen molar-refractivity contribution >= 4 is 21.4 Å². The van der Waals surface area contributed by atoms with E-state index >= 15 is 0 Å². The minimum absolute atomic E-state index is 0.229. The molecule has 2 aromatic carbocycles. The number of benzene rings is 2. The summed E-state index contributed by atoms with van der Waals surface area (Å²) < 4.78 is 33.4. The number of nitrogens with one attached hydrogen (secondary N) is 1. The first-order chi connectivity index (χ1) is 10.9. The first-order valence-electron chi connectivity index (χ1n) is 7.45. The molecule has 1 aliphatic heterocycles. The highest BCUT2D eigenvalue weighted by molar-refractivity contribution is 7.92. The minimum atomic E-state index is -3.63. The Hall–Kier alpha value is -2.21. The fraction of sp³-hybridized carbons (Fsp3) is 0.294. The highest BCUT2D eigenvalue weighted by Crippen LogP contribution is 2.33. The predicted octanol–water partition coefficient (Wildman–Crippen LogP) is 2.93. The normalized spacial score (nSPS) is 14.1. The molecule has 0 amide bonds. The molecule has 0 bridgehead atoms. The Morgan fingerprint density at radius 1 is 1.09 bits per heavy atom. The first-order valence-corrected chi connectivity index (χ1v) is 8.93. The summed E-state index contributed by atoms with van der Waals surface area (Å²) in [4.78, 5) is 2.22. The highest BCUT2D eigenvalue weighted by atomic mass is 32.2. The van der Waals surface area contributed by atoms with Crippen molar-refractivity contribution < 1.29 is 13.2 Å². The summed E-state index contributed by atoms with van der Waals surface area (Å²) >= 11 is 0. The van der Waals surface area contributed by atoms with Gasteiger partial charge in [0.05, 0.1) is 17.1 Å². The van der Waals surface area contributed by atoms with Gasteiger partial charge in [-0.2, -0.15) is 0 Å². The molecular formula is C17H20N2O3S. The molecule has 1 N–H and O–H groups in total. The van der Waals surface area contributed by atoms with Gasteiger partial charge in [0.1, 0.15) is 12.4 Å². The van der Waals surface area contributed by atoms with Crippen LogP contribution in [0.15, 0.2) is 41.3 Å². The van der Waals surface area contributed by atoms with E-state index < -0.39 is 10.0 Å². The topological polar surface area (TPSA) is 58.6 Å². The summed E-state index contributed by atoms with van der Waals surface area (Å²) in [6.45, 7) is 5.29. The van der Waals surface area contributed by atoms with Crippen LogP contribution in [-0.2, 0) is 10.0 Å². The van der Waals surface area contributed by atoms with E-state index in [-0.39, 0.29) is 4.90 Å². The third-order valence-corrected chi connectivity index (χ3v) is 5.47. The number of anilines is 2. The monoisotopic (exact) mass is 332 g/mol. The first kappa shape index (κ1) is 15.7. The van der Waals surface area contributed by atoms with Crippen molar-refractivity contribution in [2.75, 3.05) is 29.8 Å². The lowest BCUT2D eigenvalue weighted by Crippen LogP contribution is -2.29. The van der Waals surface area contributed by atoms with Crippen molar-refractivity contribution in [3.63, 3.8) is 0 Å². The SMILES string of the molecule is Cc1ccc(NS(=O)(=O)c2ccc3c(c2)N(C)CCO3)cc1C. The zero-order valence-corrected chi connectivity index (χ0v) is 14.3. The fourth-order valence-corrected chi connectivity index (χ4v) is 3.59. The maximum atomic E-state index is 12.6. The van der Waals surface area contributed by atoms with E-state index in [0.29, 0.717) is 18.0 Å². The van der Waals surface area contributed by atoms with Crippen molar-refractivity contribution in [2.45, 2.75) is 18.7 Å². The summed E-state index contributed by atoms with van der Waals surface area (Å²) in [5, 5.41) is 0. The quantitative estimate of drug-likeness (QED) is 0.939. The van der Waals surface area contributed by atoms with Gasteiger partial charge in [0.15, 0.2) is 0 Å². The van der Waals surface area contributed by atoms with Crippen LogP contribution in [0.2, 0.25) is 0 Å². The molecule has 0 atom stereocenters. The highest BCUT2D eigenvalue weighted by Gasteiger charge is 2.20. The molecule has 23 heavy (non-hydrogen) atoms. The van der Waals surface area contributed by atoms with E-state index in [0.717, 1.165) is 23.4 Å². The summed E-state index contributed by atoms with van der Waals surface area (Å²) in [6.07, 6.45) is 0. The molecule has 0 aliphatic carbocycles. The molecule has 2 aromatic rings. The van der Waals surface area contributed by atoms with Gasteiger partial charge in [-0.05, 0) is 55.3 Å². The number of nitrogens with zero attached hydrogens (tertiary/aromatic N) is 1. The largest absolute Gasteiger partial charge is 0.490 e. The number of hydrogen-bond acceptors (Lipinski definition) is 4. The summed E-state index contributed by atoms with van der Waals surface area (Å²) in [7, 11) is -1.71. The number of aryl methyl sites for hydroxylation is 2. The summed E-state index contributed by atoms with van der Waals surface area (Å²) in [5.41, 5.74) is 3.53. The molecule has 1 heterocycles. The lowest BCUT2D eigenvalue weighted by molar-refractivity contribution is 0.311. The van der Waals surface area contributed by atoms with Crippen molar-refractivity contribution in [2.24, 2.45) is 0 Å². The van der Waals surface area contributed by atoms with Gasteiger partial charge in [0, 0.05) is 12.7 Å². The van der Waals surface area contributed by atoms with E-state index in [4.69, 9.17) is 4.74 Å². The zero-order valence-electron chi connectivity index (χ0n) is 13.5. The lowest BCUT2D eigenvalue weighted by Gasteiger charge is -2.28. The van der Waals surface area contributed by atoms with E-state index in [1.54, 1.807) is 24.3 Å². The second-order valence-corrected chi connectivity index (χ2v) is 7.49. The van der Waals surface area contributed by atoms with E-state index in [9.17, 15) is 8.42 Å². The van der Waals surface area contributed by atoms with Gasteiger partial charge in [0.25, 0.3) is 10.0 Å². The fourth-order valence-electron chi connectivity index (χ4n) is 2.52. The Morgan fingerprint density at radius 3 is 2.61 bits per heavy atom. The van der Waals surface area contributed by atoms with Crippen LogP contribution in [0.3, 0.4) is 0 Å². The van der Waals surface area contributed by atoms with Crippen molar-refractivity contribution in [1.29, 1.82) is 0 Å². The molecule has 3 rings (SSSR count). The standard InChI is InChI=1S/C17H20N2O3S/c1-12-4-5-14(10-13(12)2)18-23(20,21)15-6-7-17-16(11-15)19(3)8-9-22-17/h4-7,10-11,18H,8-9H2,1-3H3. The molecule has 0 radical (unpaired) electrons. The van der Waals surface area contributed by atoms with Crippen LogP contribution < -0.4 is 14.4 Å². The molecule has 122 valence electrons. The molecule has 0 saturated carbocycles. The van der Waals surface area contributed by atoms with Crippen LogP contribution in [0.5, 0.6) is 5.75 Å². The average Bonchev–Trinajstić information content (AvgIpc) is 2.51. The molecule has 0 spiro atoms. The maximum absolute atomic E-state index is 12.6. The molecular weight excluding hydrogens is 312 g/mol. The number of likely N-dealkylation sites (N-methyl/N-ethyl adjacent to an activating group) is 1. The van der Waals surface area contributed by atoms with Crippen molar-refractivity contribution in [1.82, 2.24) is 0 Å². The zero-order chi connectivity index (χ0) is 16.6. The van der Waals surface area contributed by atoms with Crippen LogP contribution in [0, 0.1) is 13.8 Å². The van der Waals surface area contributed by atoms with Gasteiger partial charge in [-0.15, -0.1) is 0 Å². The smallest absolute Gasteiger partial charge is 0.261 e. The van der Waals surface area contributed by atoms with E-state index in [1.165, 1.54) is 0 Å². The Balaban J connectivity index is 1.93. The number of fused-ring (bicyclic) bond motifs is 1. The van der Waals surface area contributed by atoms with Gasteiger partial charge < -0.3 is 9.64 Å². The molecule has 0 aromatic heterocycles. The Kier molecular flexibility index (Phi) is 3.93. The number of sulfonamides is 1. The van der Waals surface area contributed by atoms with Gasteiger partial charge in [0.2, 0.25) is 0 Å². The Morgan fingerprint density at radius 2 is 1.87 bits per heavy atom. The Labute approximate surface area is 136 Å². The summed E-state index contributed by atoms with van der Waals surface area (Å²) in [6, 6.07) is 10.4. The maximum Gasteiger partial charge on any atom is 0.261 e. The third-order valence-electron chi connectivity index (χ3n) is 4.10. The van der Waals surface area contributed by atoms with Gasteiger partial charge >= 0.3 is 0 Å². The molecule has 0 saturated heterocycles. The van der Waals surface area contributed by atoms with Crippen LogP contribution >= 0.6 is 0 Å². The van der Waals surface area contributed by atoms with Gasteiger partial charge in [-0.1, -0.05) is 6.07 Å². The second kappa shape index (κ2) is 5.77. The Bertz CT molecular complexity index is 847. The molecule has 0 fully saturated rings. The number of hydrogen-bond donors (Lipinski definition) is 1. The van der Waals surface area contributed by atoms with Gasteiger partial charge in [-0.3, -0.25) is 4.72 Å². The molecule has 5 nitrogen and oxygen atoms in total. The number of rotatable bonds is 3. The van der Waals surface area contributed by atoms with Crippen LogP contribution in [-0.4, -0.2) is 28.6 Å². The minimum Gasteiger partial charge on any atom is -0.490 e. The van der Waals surface area contributed by atoms with Crippen LogP contribution in [0.25, 0.3) is 0 Å². The molecule has 1 aliphatic rings. The molecule has 6 heteroatoms. The lowest BCUT2D eigenvalue weighted by atomic mass is 10.1. The molecule has 0 unspecified atom stereocenters. The van der Waals surface area contributed by atoms with Crippen LogP contribution in [0.1, 0.15) is 11.1 Å². The van der Waals surface area contributed by atoms with Gasteiger partial charge in [-0.25, -0.2) is 8.42 Å². The van der Waals surface area contributed by atoms with Crippen LogP contribution in [0.4, 0.5) is 11.4 Å². The average molecular weight is 332 g/mol. The van der Waals surface area contributed by atoms with Crippen molar-refractivity contribution in [3.8, 4) is 5.75 Å².